The number of rotatable bonds is 4. The predicted molar refractivity (Wildman–Crippen MR) is 164 cm³/mol. The van der Waals surface area contributed by atoms with E-state index in [1.165, 1.54) is 28.1 Å². The molecule has 2 aliphatic rings. The number of Topliss-reactive ketones (excluding diaryl/α,β-unsaturated/α-hetero) is 1. The smallest absolute Gasteiger partial charge is 0.342 e. The molecule has 11 heteroatoms. The lowest BCUT2D eigenvalue weighted by molar-refractivity contribution is -0.0422. The summed E-state index contributed by atoms with van der Waals surface area (Å²) >= 11 is 0. The molecule has 1 aliphatic heterocycles. The summed E-state index contributed by atoms with van der Waals surface area (Å²) in [6.45, 7) is 5.63. The highest BCUT2D eigenvalue weighted by molar-refractivity contribution is 6.21. The molecule has 0 aromatic heterocycles. The molecule has 6 N–H and O–H groups in total. The maximum atomic E-state index is 13.6. The monoisotopic (exact) mass is 618 g/mol. The number of carbonyl (C=O) groups excluding carboxylic acids is 2. The number of benzene rings is 4. The van der Waals surface area contributed by atoms with Crippen molar-refractivity contribution >= 4 is 33.3 Å². The van der Waals surface area contributed by atoms with Crippen molar-refractivity contribution in [3.05, 3.63) is 45.5 Å². The van der Waals surface area contributed by atoms with Crippen molar-refractivity contribution in [1.29, 1.82) is 0 Å². The summed E-state index contributed by atoms with van der Waals surface area (Å²) in [5, 5.41) is 67.8. The highest BCUT2D eigenvalue weighted by Crippen LogP contribution is 2.56. The van der Waals surface area contributed by atoms with Crippen molar-refractivity contribution in [3.8, 4) is 45.6 Å². The number of methoxy groups -OCH3 is 2. The number of phenols is 4. The Balaban J connectivity index is 1.98. The number of aliphatic hydroxyl groups is 2. The fourth-order valence-electron chi connectivity index (χ4n) is 6.99. The van der Waals surface area contributed by atoms with Gasteiger partial charge in [0.2, 0.25) is 0 Å². The van der Waals surface area contributed by atoms with Gasteiger partial charge in [-0.3, -0.25) is 4.79 Å². The number of esters is 1. The normalized spacial score (nSPS) is 21.1. The number of carbonyl (C=O) groups is 2. The van der Waals surface area contributed by atoms with E-state index in [1.807, 2.05) is 0 Å². The SMILES string of the molecule is COc1cc2c(-c3c4c(c(O)c5c(O)c(C)c(OC)cc35)C(=O)OC(C)(CO)C4)c3c(c(O)c2c(O)c1C)C(=O)CC(C)(O)C3. The van der Waals surface area contributed by atoms with Gasteiger partial charge in [-0.1, -0.05) is 0 Å². The van der Waals surface area contributed by atoms with Crippen LogP contribution in [0.25, 0.3) is 32.7 Å². The maximum absolute atomic E-state index is 13.6. The van der Waals surface area contributed by atoms with Gasteiger partial charge in [0.1, 0.15) is 45.7 Å². The van der Waals surface area contributed by atoms with E-state index in [9.17, 15) is 40.2 Å². The summed E-state index contributed by atoms with van der Waals surface area (Å²) in [6.07, 6.45) is -0.514. The number of ketones is 1. The number of hydrogen-bond donors (Lipinski definition) is 6. The van der Waals surface area contributed by atoms with E-state index < -0.39 is 41.1 Å². The molecule has 1 aliphatic carbocycles. The zero-order valence-corrected chi connectivity index (χ0v) is 25.7. The minimum atomic E-state index is -1.53. The van der Waals surface area contributed by atoms with Crippen molar-refractivity contribution in [2.45, 2.75) is 58.2 Å². The predicted octanol–water partition coefficient (Wildman–Crippen LogP) is 4.46. The van der Waals surface area contributed by atoms with Crippen LogP contribution in [0.3, 0.4) is 0 Å². The van der Waals surface area contributed by atoms with Crippen LogP contribution in [-0.4, -0.2) is 74.4 Å². The van der Waals surface area contributed by atoms with E-state index in [4.69, 9.17) is 14.2 Å². The zero-order chi connectivity index (χ0) is 32.9. The summed E-state index contributed by atoms with van der Waals surface area (Å²) in [6, 6.07) is 3.16. The Bertz CT molecular complexity index is 2010. The molecule has 2 atom stereocenters. The van der Waals surface area contributed by atoms with Crippen LogP contribution in [0.15, 0.2) is 12.1 Å². The molecular formula is C34H34O11. The van der Waals surface area contributed by atoms with Crippen LogP contribution in [0.1, 0.15) is 63.2 Å². The number of ether oxygens (including phenoxy) is 3. The van der Waals surface area contributed by atoms with Gasteiger partial charge in [0.25, 0.3) is 0 Å². The van der Waals surface area contributed by atoms with Gasteiger partial charge in [-0.25, -0.2) is 4.79 Å². The summed E-state index contributed by atoms with van der Waals surface area (Å²) in [4.78, 5) is 27.2. The van der Waals surface area contributed by atoms with Gasteiger partial charge < -0.3 is 44.8 Å². The van der Waals surface area contributed by atoms with Crippen LogP contribution in [0.2, 0.25) is 0 Å². The highest BCUT2D eigenvalue weighted by Gasteiger charge is 2.44. The second-order valence-corrected chi connectivity index (χ2v) is 12.6. The van der Waals surface area contributed by atoms with E-state index in [-0.39, 0.29) is 103 Å². The van der Waals surface area contributed by atoms with Crippen molar-refractivity contribution in [3.63, 3.8) is 0 Å². The molecular weight excluding hydrogens is 584 g/mol. The van der Waals surface area contributed by atoms with Crippen molar-refractivity contribution in [1.82, 2.24) is 0 Å². The molecule has 2 unspecified atom stereocenters. The van der Waals surface area contributed by atoms with Crippen LogP contribution in [0.4, 0.5) is 0 Å². The number of cyclic esters (lactones) is 1. The van der Waals surface area contributed by atoms with Gasteiger partial charge in [0, 0.05) is 41.2 Å². The molecule has 4 aromatic rings. The lowest BCUT2D eigenvalue weighted by Crippen LogP contribution is -2.42. The number of phenolic OH excluding ortho intramolecular Hbond substituents is 4. The Morgan fingerprint density at radius 2 is 1.20 bits per heavy atom. The molecule has 0 amide bonds. The van der Waals surface area contributed by atoms with E-state index in [1.54, 1.807) is 26.0 Å². The summed E-state index contributed by atoms with van der Waals surface area (Å²) < 4.78 is 16.7. The van der Waals surface area contributed by atoms with E-state index in [2.05, 4.69) is 0 Å². The Morgan fingerprint density at radius 1 is 0.733 bits per heavy atom. The van der Waals surface area contributed by atoms with Crippen LogP contribution in [0, 0.1) is 13.8 Å². The molecule has 0 radical (unpaired) electrons. The standard InChI is InChI=1S/C34H34O11/c1-13-20(43-5)7-15-22(17-9-33(3,42)11-19(36)24(17)30(39)25(15)28(13)37)23-16-8-21(44-6)14(2)29(38)26(16)31(40)27-18(23)10-34(4,12-35)45-32(27)41/h7-8,35,37-40,42H,9-12H2,1-6H3. The molecule has 11 nitrogen and oxygen atoms in total. The Kier molecular flexibility index (Phi) is 6.65. The molecule has 0 bridgehead atoms. The summed E-state index contributed by atoms with van der Waals surface area (Å²) in [5.74, 6) is -2.74. The first-order valence-corrected chi connectivity index (χ1v) is 14.4. The van der Waals surface area contributed by atoms with E-state index in [0.29, 0.717) is 5.56 Å². The first kappa shape index (κ1) is 30.3. The average Bonchev–Trinajstić information content (AvgIpc) is 2.96. The number of hydrogen-bond acceptors (Lipinski definition) is 11. The fraction of sp³-hybridized carbons (Fsp3) is 0.353. The van der Waals surface area contributed by atoms with Gasteiger partial charge in [0.05, 0.1) is 42.8 Å². The van der Waals surface area contributed by atoms with Crippen LogP contribution in [0.5, 0.6) is 34.5 Å². The third-order valence-electron chi connectivity index (χ3n) is 9.20. The largest absolute Gasteiger partial charge is 0.507 e. The molecule has 0 spiro atoms. The molecule has 45 heavy (non-hydrogen) atoms. The van der Waals surface area contributed by atoms with Crippen molar-refractivity contribution < 1.29 is 54.4 Å². The fourth-order valence-corrected chi connectivity index (χ4v) is 6.99. The van der Waals surface area contributed by atoms with Crippen LogP contribution in [-0.2, 0) is 17.6 Å². The van der Waals surface area contributed by atoms with Gasteiger partial charge in [-0.2, -0.15) is 0 Å². The first-order chi connectivity index (χ1) is 21.1. The van der Waals surface area contributed by atoms with Crippen molar-refractivity contribution in [2.24, 2.45) is 0 Å². The second kappa shape index (κ2) is 9.88. The lowest BCUT2D eigenvalue weighted by Gasteiger charge is -2.37. The van der Waals surface area contributed by atoms with Crippen molar-refractivity contribution in [2.75, 3.05) is 20.8 Å². The minimum Gasteiger partial charge on any atom is -0.507 e. The zero-order valence-electron chi connectivity index (χ0n) is 25.7. The average molecular weight is 619 g/mol. The van der Waals surface area contributed by atoms with E-state index in [0.717, 1.165) is 0 Å². The van der Waals surface area contributed by atoms with Gasteiger partial charge >= 0.3 is 5.97 Å². The first-order valence-electron chi connectivity index (χ1n) is 14.4. The lowest BCUT2D eigenvalue weighted by atomic mass is 9.72. The van der Waals surface area contributed by atoms with E-state index >= 15 is 0 Å². The number of aromatic hydroxyl groups is 4. The quantitative estimate of drug-likeness (QED) is 0.178. The molecule has 0 saturated heterocycles. The Labute approximate surface area is 257 Å². The molecule has 236 valence electrons. The number of fused-ring (bicyclic) bond motifs is 4. The Morgan fingerprint density at radius 3 is 1.67 bits per heavy atom. The maximum Gasteiger partial charge on any atom is 0.342 e. The number of aliphatic hydroxyl groups excluding tert-OH is 1. The summed E-state index contributed by atoms with van der Waals surface area (Å²) in [7, 11) is 2.82. The van der Waals surface area contributed by atoms with Crippen LogP contribution < -0.4 is 9.47 Å². The molecule has 4 aromatic carbocycles. The Hall–Kier alpha value is -4.74. The summed E-state index contributed by atoms with van der Waals surface area (Å²) in [5.41, 5.74) is -1.78. The topological polar surface area (TPSA) is 183 Å². The highest BCUT2D eigenvalue weighted by atomic mass is 16.6. The van der Waals surface area contributed by atoms with Crippen LogP contribution >= 0.6 is 0 Å². The third-order valence-corrected chi connectivity index (χ3v) is 9.20. The minimum absolute atomic E-state index is 0.0569. The molecule has 6 rings (SSSR count). The van der Waals surface area contributed by atoms with Gasteiger partial charge in [-0.05, 0) is 62.1 Å². The molecule has 0 fully saturated rings. The molecule has 0 saturated carbocycles. The van der Waals surface area contributed by atoms with Gasteiger partial charge in [-0.15, -0.1) is 0 Å². The second-order valence-electron chi connectivity index (χ2n) is 12.6. The molecule has 1 heterocycles. The third kappa shape index (κ3) is 4.17. The van der Waals surface area contributed by atoms with Gasteiger partial charge in [0.15, 0.2) is 5.78 Å².